The molecular weight excluding hydrogens is 256 g/mol. The molecule has 1 aromatic carbocycles. The monoisotopic (exact) mass is 272 g/mol. The van der Waals surface area contributed by atoms with Gasteiger partial charge in [0, 0.05) is 11.7 Å². The second-order valence-electron chi connectivity index (χ2n) is 4.96. The van der Waals surface area contributed by atoms with Gasteiger partial charge in [-0.1, -0.05) is 13.8 Å². The number of fused-ring (bicyclic) bond motifs is 1. The van der Waals surface area contributed by atoms with E-state index in [-0.39, 0.29) is 6.04 Å². The van der Waals surface area contributed by atoms with Crippen LogP contribution in [-0.2, 0) is 0 Å². The van der Waals surface area contributed by atoms with Gasteiger partial charge in [-0.25, -0.2) is 9.97 Å². The van der Waals surface area contributed by atoms with E-state index in [4.69, 9.17) is 5.73 Å². The fourth-order valence-corrected chi connectivity index (χ4v) is 2.81. The zero-order valence-electron chi connectivity index (χ0n) is 10.9. The number of benzene rings is 1. The van der Waals surface area contributed by atoms with Crippen LogP contribution in [0.4, 0.5) is 0 Å². The lowest BCUT2D eigenvalue weighted by Crippen LogP contribution is -2.19. The van der Waals surface area contributed by atoms with Gasteiger partial charge in [-0.3, -0.25) is 0 Å². The van der Waals surface area contributed by atoms with Gasteiger partial charge in [0.1, 0.15) is 0 Å². The fourth-order valence-electron chi connectivity index (χ4n) is 2.10. The van der Waals surface area contributed by atoms with E-state index >= 15 is 0 Å². The Hall–Kier alpha value is -1.72. The molecule has 19 heavy (non-hydrogen) atoms. The van der Waals surface area contributed by atoms with Gasteiger partial charge in [0.25, 0.3) is 0 Å². The van der Waals surface area contributed by atoms with Crippen LogP contribution >= 0.6 is 11.3 Å². The minimum Gasteiger partial charge on any atom is -0.322 e. The van der Waals surface area contributed by atoms with Crippen molar-refractivity contribution in [2.45, 2.75) is 19.9 Å². The summed E-state index contributed by atoms with van der Waals surface area (Å²) in [4.78, 5) is 8.54. The third kappa shape index (κ3) is 2.15. The molecule has 98 valence electrons. The molecule has 0 aliphatic rings. The van der Waals surface area contributed by atoms with Gasteiger partial charge in [-0.15, -0.1) is 11.3 Å². The van der Waals surface area contributed by atoms with Crippen LogP contribution in [0.1, 0.15) is 25.6 Å². The molecule has 0 fully saturated rings. The largest absolute Gasteiger partial charge is 0.322 e. The summed E-state index contributed by atoms with van der Waals surface area (Å²) in [5.41, 5.74) is 11.3. The van der Waals surface area contributed by atoms with Crippen LogP contribution in [0.15, 0.2) is 36.2 Å². The molecule has 0 amide bonds. The first-order valence-electron chi connectivity index (χ1n) is 6.28. The van der Waals surface area contributed by atoms with Gasteiger partial charge in [0.2, 0.25) is 0 Å². The highest BCUT2D eigenvalue weighted by molar-refractivity contribution is 7.16. The molecule has 1 unspecified atom stereocenters. The molecule has 0 bridgehead atoms. The highest BCUT2D eigenvalue weighted by atomic mass is 32.1. The summed E-state index contributed by atoms with van der Waals surface area (Å²) in [5, 5.41) is 0. The van der Waals surface area contributed by atoms with Crippen molar-refractivity contribution in [3.63, 3.8) is 0 Å². The highest BCUT2D eigenvalue weighted by Gasteiger charge is 2.16. The molecule has 1 atom stereocenters. The SMILES string of the molecule is CC(C)C(N)c1cncn1-c1ccc2ncsc2c1. The van der Waals surface area contributed by atoms with Crippen molar-refractivity contribution < 1.29 is 0 Å². The maximum atomic E-state index is 6.24. The number of rotatable bonds is 3. The van der Waals surface area contributed by atoms with Crippen molar-refractivity contribution >= 4 is 21.6 Å². The summed E-state index contributed by atoms with van der Waals surface area (Å²) >= 11 is 1.64. The van der Waals surface area contributed by atoms with Crippen molar-refractivity contribution in [1.82, 2.24) is 14.5 Å². The van der Waals surface area contributed by atoms with E-state index in [1.807, 2.05) is 24.1 Å². The summed E-state index contributed by atoms with van der Waals surface area (Å²) < 4.78 is 3.24. The van der Waals surface area contributed by atoms with E-state index in [1.54, 1.807) is 11.3 Å². The molecule has 2 N–H and O–H groups in total. The smallest absolute Gasteiger partial charge is 0.0994 e. The van der Waals surface area contributed by atoms with Crippen molar-refractivity contribution in [2.75, 3.05) is 0 Å². The van der Waals surface area contributed by atoms with E-state index in [9.17, 15) is 0 Å². The van der Waals surface area contributed by atoms with Crippen molar-refractivity contribution in [3.8, 4) is 5.69 Å². The van der Waals surface area contributed by atoms with Crippen LogP contribution in [0.5, 0.6) is 0 Å². The Morgan fingerprint density at radius 3 is 2.95 bits per heavy atom. The molecule has 2 aromatic heterocycles. The van der Waals surface area contributed by atoms with E-state index in [0.29, 0.717) is 5.92 Å². The zero-order chi connectivity index (χ0) is 13.4. The maximum Gasteiger partial charge on any atom is 0.0994 e. The Balaban J connectivity index is 2.08. The van der Waals surface area contributed by atoms with Crippen LogP contribution in [0.3, 0.4) is 0 Å². The van der Waals surface area contributed by atoms with Crippen LogP contribution in [0.25, 0.3) is 15.9 Å². The third-order valence-electron chi connectivity index (χ3n) is 3.32. The summed E-state index contributed by atoms with van der Waals surface area (Å²) in [6, 6.07) is 6.21. The van der Waals surface area contributed by atoms with E-state index < -0.39 is 0 Å². The molecule has 0 aliphatic carbocycles. The lowest BCUT2D eigenvalue weighted by molar-refractivity contribution is 0.497. The molecule has 0 radical (unpaired) electrons. The second-order valence-corrected chi connectivity index (χ2v) is 5.85. The average molecular weight is 272 g/mol. The van der Waals surface area contributed by atoms with Crippen molar-refractivity contribution in [2.24, 2.45) is 11.7 Å². The van der Waals surface area contributed by atoms with Gasteiger partial charge in [-0.2, -0.15) is 0 Å². The number of imidazole rings is 1. The number of thiazole rings is 1. The lowest BCUT2D eigenvalue weighted by atomic mass is 10.0. The average Bonchev–Trinajstić information content (AvgIpc) is 3.05. The quantitative estimate of drug-likeness (QED) is 0.797. The summed E-state index contributed by atoms with van der Waals surface area (Å²) in [6.07, 6.45) is 3.67. The second kappa shape index (κ2) is 4.75. The topological polar surface area (TPSA) is 56.7 Å². The minimum atomic E-state index is -0.0142. The molecule has 4 nitrogen and oxygen atoms in total. The first-order chi connectivity index (χ1) is 9.16. The molecule has 0 saturated carbocycles. The van der Waals surface area contributed by atoms with Crippen molar-refractivity contribution in [1.29, 1.82) is 0 Å². The maximum absolute atomic E-state index is 6.24. The Morgan fingerprint density at radius 1 is 1.32 bits per heavy atom. The predicted molar refractivity (Wildman–Crippen MR) is 78.5 cm³/mol. The van der Waals surface area contributed by atoms with E-state index in [1.165, 1.54) is 4.70 Å². The predicted octanol–water partition coefficient (Wildman–Crippen LogP) is 3.14. The third-order valence-corrected chi connectivity index (χ3v) is 4.11. The summed E-state index contributed by atoms with van der Waals surface area (Å²) in [7, 11) is 0. The molecule has 0 saturated heterocycles. The van der Waals surface area contributed by atoms with Crippen LogP contribution in [0.2, 0.25) is 0 Å². The van der Waals surface area contributed by atoms with Gasteiger partial charge in [-0.05, 0) is 24.1 Å². The van der Waals surface area contributed by atoms with Crippen LogP contribution in [-0.4, -0.2) is 14.5 Å². The molecule has 3 rings (SSSR count). The Bertz CT molecular complexity index is 698. The summed E-state index contributed by atoms with van der Waals surface area (Å²) in [5.74, 6) is 0.377. The Labute approximate surface area is 115 Å². The number of nitrogens with zero attached hydrogens (tertiary/aromatic N) is 3. The molecule has 5 heteroatoms. The van der Waals surface area contributed by atoms with Gasteiger partial charge < -0.3 is 10.3 Å². The minimum absolute atomic E-state index is 0.0142. The first-order valence-corrected chi connectivity index (χ1v) is 7.16. The van der Waals surface area contributed by atoms with Gasteiger partial charge >= 0.3 is 0 Å². The molecular formula is C14H16N4S. The number of aromatic nitrogens is 3. The molecule has 3 aromatic rings. The standard InChI is InChI=1S/C14H16N4S/c1-9(2)14(15)12-6-16-7-18(12)10-3-4-11-13(5-10)19-8-17-11/h3-9,14H,15H2,1-2H3. The van der Waals surface area contributed by atoms with Crippen LogP contribution in [0, 0.1) is 5.92 Å². The van der Waals surface area contributed by atoms with Crippen LogP contribution < -0.4 is 5.73 Å². The molecule has 2 heterocycles. The van der Waals surface area contributed by atoms with Gasteiger partial charge in [0.05, 0.1) is 33.9 Å². The highest BCUT2D eigenvalue weighted by Crippen LogP contribution is 2.25. The number of hydrogen-bond acceptors (Lipinski definition) is 4. The molecule has 0 spiro atoms. The van der Waals surface area contributed by atoms with Crippen molar-refractivity contribution in [3.05, 3.63) is 41.9 Å². The normalized spacial score (nSPS) is 13.3. The first kappa shape index (κ1) is 12.3. The Morgan fingerprint density at radius 2 is 2.16 bits per heavy atom. The van der Waals surface area contributed by atoms with E-state index in [2.05, 4.69) is 40.5 Å². The van der Waals surface area contributed by atoms with E-state index in [0.717, 1.165) is 16.9 Å². The van der Waals surface area contributed by atoms with Gasteiger partial charge in [0.15, 0.2) is 0 Å². The molecule has 0 aliphatic heterocycles. The Kier molecular flexibility index (Phi) is 3.08. The fraction of sp³-hybridized carbons (Fsp3) is 0.286. The number of nitrogens with two attached hydrogens (primary N) is 1. The summed E-state index contributed by atoms with van der Waals surface area (Å²) in [6.45, 7) is 4.24. The lowest BCUT2D eigenvalue weighted by Gasteiger charge is -2.17. The number of hydrogen-bond donors (Lipinski definition) is 1. The zero-order valence-corrected chi connectivity index (χ0v) is 11.8.